The molecule has 0 aliphatic rings. The Kier molecular flexibility index (Phi) is 12.8. The van der Waals surface area contributed by atoms with Crippen LogP contribution in [0.2, 0.25) is 0 Å². The fourth-order valence-corrected chi connectivity index (χ4v) is 3.27. The predicted molar refractivity (Wildman–Crippen MR) is 103 cm³/mol. The number of allylic oxidation sites excluding steroid dienone is 1. The molecule has 0 aliphatic heterocycles. The lowest BCUT2D eigenvalue weighted by molar-refractivity contribution is -0.161. The monoisotopic (exact) mass is 357 g/mol. The molecule has 0 N–H and O–H groups in total. The van der Waals surface area contributed by atoms with Gasteiger partial charge in [-0.15, -0.1) is 0 Å². The van der Waals surface area contributed by atoms with Crippen molar-refractivity contribution in [3.63, 3.8) is 0 Å². The third kappa shape index (κ3) is 7.29. The van der Waals surface area contributed by atoms with E-state index in [0.29, 0.717) is 19.3 Å². The molecule has 140 valence electrons. The third-order valence-corrected chi connectivity index (χ3v) is 5.04. The Morgan fingerprint density at radius 3 is 2.33 bits per heavy atom. The van der Waals surface area contributed by atoms with E-state index in [0.717, 1.165) is 37.9 Å². The van der Waals surface area contributed by atoms with Crippen LogP contribution in [-0.2, 0) is 14.3 Å². The number of methoxy groups -OCH3 is 1. The Morgan fingerprint density at radius 2 is 1.79 bits per heavy atom. The molecule has 24 heavy (non-hydrogen) atoms. The molecule has 0 bridgehead atoms. The van der Waals surface area contributed by atoms with Gasteiger partial charge in [-0.2, -0.15) is 11.8 Å². The number of thioether (sulfide) groups is 1. The number of rotatable bonds is 13. The lowest BCUT2D eigenvalue weighted by Crippen LogP contribution is -2.56. The summed E-state index contributed by atoms with van der Waals surface area (Å²) in [5.41, 5.74) is -0.845. The highest BCUT2D eigenvalue weighted by molar-refractivity contribution is 7.98. The average Bonchev–Trinajstić information content (AvgIpc) is 2.60. The van der Waals surface area contributed by atoms with Crippen molar-refractivity contribution < 1.29 is 14.3 Å². The van der Waals surface area contributed by atoms with Gasteiger partial charge < -0.3 is 9.64 Å². The Bertz CT molecular complexity index is 388. The average molecular weight is 358 g/mol. The Morgan fingerprint density at radius 1 is 1.12 bits per heavy atom. The summed E-state index contributed by atoms with van der Waals surface area (Å²) in [6.45, 7) is 4.24. The van der Waals surface area contributed by atoms with Crippen LogP contribution in [0.15, 0.2) is 12.2 Å². The summed E-state index contributed by atoms with van der Waals surface area (Å²) in [5, 5.41) is 0. The number of hydrogen-bond acceptors (Lipinski definition) is 4. The number of likely N-dealkylation sites (N-methyl/N-ethyl adjacent to an activating group) is 1. The van der Waals surface area contributed by atoms with Gasteiger partial charge in [-0.3, -0.25) is 4.79 Å². The van der Waals surface area contributed by atoms with E-state index in [1.54, 1.807) is 23.7 Å². The minimum absolute atomic E-state index is 0.0228. The maximum absolute atomic E-state index is 12.6. The molecule has 0 aromatic rings. The lowest BCUT2D eigenvalue weighted by atomic mass is 9.87. The van der Waals surface area contributed by atoms with Gasteiger partial charge in [0.05, 0.1) is 7.11 Å². The van der Waals surface area contributed by atoms with Crippen LogP contribution in [0.3, 0.4) is 0 Å². The van der Waals surface area contributed by atoms with Crippen LogP contribution in [0.4, 0.5) is 0 Å². The number of ether oxygens (including phenoxy) is 1. The van der Waals surface area contributed by atoms with Crippen LogP contribution in [0, 0.1) is 0 Å². The Hall–Kier alpha value is -0.970. The summed E-state index contributed by atoms with van der Waals surface area (Å²) < 4.78 is 5.08. The second kappa shape index (κ2) is 13.3. The van der Waals surface area contributed by atoms with Crippen molar-refractivity contribution in [1.82, 2.24) is 4.90 Å². The molecular formula is C19H35NO3S. The summed E-state index contributed by atoms with van der Waals surface area (Å²) in [5.74, 6) is 0.504. The zero-order chi connectivity index (χ0) is 18.4. The highest BCUT2D eigenvalue weighted by Gasteiger charge is 2.44. The lowest BCUT2D eigenvalue weighted by Gasteiger charge is -2.39. The topological polar surface area (TPSA) is 46.6 Å². The first-order valence-corrected chi connectivity index (χ1v) is 10.4. The van der Waals surface area contributed by atoms with E-state index in [-0.39, 0.29) is 11.9 Å². The van der Waals surface area contributed by atoms with Crippen LogP contribution >= 0.6 is 11.8 Å². The predicted octanol–water partition coefficient (Wildman–Crippen LogP) is 4.44. The van der Waals surface area contributed by atoms with Crippen molar-refractivity contribution in [3.05, 3.63) is 12.2 Å². The first kappa shape index (κ1) is 23.0. The zero-order valence-corrected chi connectivity index (χ0v) is 16.9. The molecule has 0 aliphatic carbocycles. The molecule has 5 heteroatoms. The van der Waals surface area contributed by atoms with Crippen molar-refractivity contribution in [2.75, 3.05) is 26.2 Å². The van der Waals surface area contributed by atoms with Crippen LogP contribution in [0.25, 0.3) is 0 Å². The van der Waals surface area contributed by atoms with Crippen LogP contribution in [0.5, 0.6) is 0 Å². The van der Waals surface area contributed by atoms with Gasteiger partial charge in [0, 0.05) is 13.5 Å². The Balaban J connectivity index is 5.16. The highest BCUT2D eigenvalue weighted by atomic mass is 32.2. The van der Waals surface area contributed by atoms with Crippen LogP contribution < -0.4 is 0 Å². The third-order valence-electron chi connectivity index (χ3n) is 4.43. The fraction of sp³-hybridized carbons (Fsp3) is 0.789. The molecule has 0 rings (SSSR count). The molecular weight excluding hydrogens is 322 g/mol. The van der Waals surface area contributed by atoms with E-state index in [1.165, 1.54) is 7.11 Å². The van der Waals surface area contributed by atoms with Gasteiger partial charge in [0.25, 0.3) is 0 Å². The largest absolute Gasteiger partial charge is 0.467 e. The summed E-state index contributed by atoms with van der Waals surface area (Å²) in [7, 11) is 3.15. The van der Waals surface area contributed by atoms with Crippen molar-refractivity contribution >= 4 is 23.6 Å². The second-order valence-corrected chi connectivity index (χ2v) is 7.13. The SMILES string of the molecule is CCCC/C=C/CC(=O)N(C)[C@](CCCC)(CCSC)C(=O)OC. The fourth-order valence-electron chi connectivity index (χ4n) is 2.73. The van der Waals surface area contributed by atoms with Gasteiger partial charge in [-0.1, -0.05) is 51.7 Å². The maximum Gasteiger partial charge on any atom is 0.331 e. The van der Waals surface area contributed by atoms with E-state index in [9.17, 15) is 9.59 Å². The molecule has 0 spiro atoms. The summed E-state index contributed by atoms with van der Waals surface area (Å²) in [6, 6.07) is 0. The number of hydrogen-bond donors (Lipinski definition) is 0. The quantitative estimate of drug-likeness (QED) is 0.278. The molecule has 0 heterocycles. The van der Waals surface area contributed by atoms with Gasteiger partial charge in [0.15, 0.2) is 0 Å². The van der Waals surface area contributed by atoms with Crippen molar-refractivity contribution in [3.8, 4) is 0 Å². The number of amides is 1. The van der Waals surface area contributed by atoms with E-state index < -0.39 is 5.54 Å². The number of esters is 1. The summed E-state index contributed by atoms with van der Waals surface area (Å²) >= 11 is 1.69. The van der Waals surface area contributed by atoms with Crippen molar-refractivity contribution in [1.29, 1.82) is 0 Å². The molecule has 0 unspecified atom stereocenters. The van der Waals surface area contributed by atoms with Gasteiger partial charge >= 0.3 is 5.97 Å². The summed E-state index contributed by atoms with van der Waals surface area (Å²) in [6.07, 6.45) is 12.8. The van der Waals surface area contributed by atoms with Crippen molar-refractivity contribution in [2.45, 2.75) is 70.8 Å². The molecule has 1 atom stereocenters. The molecule has 0 saturated carbocycles. The van der Waals surface area contributed by atoms with E-state index in [1.807, 2.05) is 12.3 Å². The first-order chi connectivity index (χ1) is 11.5. The number of carbonyl (C=O) groups excluding carboxylic acids is 2. The first-order valence-electron chi connectivity index (χ1n) is 8.99. The highest BCUT2D eigenvalue weighted by Crippen LogP contribution is 2.29. The Labute approximate surface area is 152 Å². The molecule has 4 nitrogen and oxygen atoms in total. The number of nitrogens with zero attached hydrogens (tertiary/aromatic N) is 1. The van der Waals surface area contributed by atoms with Gasteiger partial charge in [0.2, 0.25) is 5.91 Å². The molecule has 0 fully saturated rings. The van der Waals surface area contributed by atoms with Gasteiger partial charge in [0.1, 0.15) is 5.54 Å². The van der Waals surface area contributed by atoms with Crippen molar-refractivity contribution in [2.24, 2.45) is 0 Å². The van der Waals surface area contributed by atoms with Gasteiger partial charge in [-0.25, -0.2) is 4.79 Å². The maximum atomic E-state index is 12.6. The van der Waals surface area contributed by atoms with E-state index in [2.05, 4.69) is 19.9 Å². The van der Waals surface area contributed by atoms with Gasteiger partial charge in [-0.05, 0) is 31.3 Å². The van der Waals surface area contributed by atoms with Crippen LogP contribution in [0.1, 0.15) is 65.2 Å². The summed E-state index contributed by atoms with van der Waals surface area (Å²) in [4.78, 5) is 26.8. The number of unbranched alkanes of at least 4 members (excludes halogenated alkanes) is 3. The zero-order valence-electron chi connectivity index (χ0n) is 16.1. The smallest absolute Gasteiger partial charge is 0.331 e. The molecule has 0 saturated heterocycles. The molecule has 1 amide bonds. The second-order valence-electron chi connectivity index (χ2n) is 6.14. The van der Waals surface area contributed by atoms with E-state index in [4.69, 9.17) is 4.74 Å². The normalized spacial score (nSPS) is 13.7. The molecule has 0 aromatic heterocycles. The number of carbonyl (C=O) groups is 2. The molecule has 0 aromatic carbocycles. The van der Waals surface area contributed by atoms with E-state index >= 15 is 0 Å². The minimum atomic E-state index is -0.845. The molecule has 0 radical (unpaired) electrons. The van der Waals surface area contributed by atoms with Crippen LogP contribution in [-0.4, -0.2) is 48.5 Å². The minimum Gasteiger partial charge on any atom is -0.467 e. The standard InChI is InChI=1S/C19H35NO3S/c1-6-8-10-11-12-13-17(21)20(3)19(14-9-7-2,15-16-24-5)18(22)23-4/h11-12H,6-10,13-16H2,1-5H3/b12-11+/t19-/m1/s1.